The molecule has 5 heteroatoms. The number of sulfonamides is 1. The first-order valence-corrected chi connectivity index (χ1v) is 5.36. The van der Waals surface area contributed by atoms with Crippen molar-refractivity contribution >= 4 is 10.0 Å². The summed E-state index contributed by atoms with van der Waals surface area (Å²) in [5.41, 5.74) is 0. The van der Waals surface area contributed by atoms with Gasteiger partial charge in [-0.15, -0.1) is 0 Å². The first-order chi connectivity index (χ1) is 4.95. The van der Waals surface area contributed by atoms with Crippen molar-refractivity contribution in [2.45, 2.75) is 13.3 Å². The van der Waals surface area contributed by atoms with E-state index in [-0.39, 0.29) is 5.75 Å². The Hall–Kier alpha value is -0.130. The number of nitrogens with zero attached hydrogens (tertiary/aromatic N) is 1. The lowest BCUT2D eigenvalue weighted by Gasteiger charge is -2.12. The van der Waals surface area contributed by atoms with Crippen LogP contribution in [0.1, 0.15) is 13.3 Å². The van der Waals surface area contributed by atoms with Gasteiger partial charge >= 0.3 is 0 Å². The van der Waals surface area contributed by atoms with E-state index < -0.39 is 10.0 Å². The quantitative estimate of drug-likeness (QED) is 0.627. The Morgan fingerprint density at radius 3 is 2.36 bits per heavy atom. The van der Waals surface area contributed by atoms with Crippen LogP contribution in [0.5, 0.6) is 0 Å². The van der Waals surface area contributed by atoms with Crippen molar-refractivity contribution in [2.75, 3.05) is 25.9 Å². The standard InChI is InChI=1S/C6H16N2O2S/c1-3-8(2)5-4-6-11(7,9)10/h3-6H2,1-2H3,(H2,7,9,10). The second-order valence-corrected chi connectivity index (χ2v) is 4.35. The Balaban J connectivity index is 3.43. The van der Waals surface area contributed by atoms with E-state index in [0.29, 0.717) is 6.42 Å². The summed E-state index contributed by atoms with van der Waals surface area (Å²) < 4.78 is 20.9. The van der Waals surface area contributed by atoms with Crippen molar-refractivity contribution in [3.05, 3.63) is 0 Å². The SMILES string of the molecule is CCN(C)CCCS(N)(=O)=O. The van der Waals surface area contributed by atoms with Crippen LogP contribution in [0.2, 0.25) is 0 Å². The Kier molecular flexibility index (Phi) is 4.63. The number of nitrogens with two attached hydrogens (primary N) is 1. The largest absolute Gasteiger partial charge is 0.307 e. The van der Waals surface area contributed by atoms with Crippen LogP contribution in [0, 0.1) is 0 Å². The normalized spacial score (nSPS) is 12.4. The molecular formula is C6H16N2O2S. The van der Waals surface area contributed by atoms with E-state index in [4.69, 9.17) is 5.14 Å². The van der Waals surface area contributed by atoms with Gasteiger partial charge in [-0.25, -0.2) is 13.6 Å². The van der Waals surface area contributed by atoms with E-state index in [9.17, 15) is 8.42 Å². The monoisotopic (exact) mass is 180 g/mol. The molecule has 0 bridgehead atoms. The second-order valence-electron chi connectivity index (χ2n) is 2.62. The van der Waals surface area contributed by atoms with Crippen LogP contribution in [0.4, 0.5) is 0 Å². The summed E-state index contributed by atoms with van der Waals surface area (Å²) in [6.07, 6.45) is 0.614. The van der Waals surface area contributed by atoms with Gasteiger partial charge in [0.2, 0.25) is 10.0 Å². The van der Waals surface area contributed by atoms with E-state index in [1.165, 1.54) is 0 Å². The topological polar surface area (TPSA) is 63.4 Å². The molecule has 0 amide bonds. The van der Waals surface area contributed by atoms with Crippen LogP contribution in [0.25, 0.3) is 0 Å². The molecule has 68 valence electrons. The third-order valence-electron chi connectivity index (χ3n) is 1.51. The maximum absolute atomic E-state index is 10.5. The summed E-state index contributed by atoms with van der Waals surface area (Å²) in [5, 5.41) is 4.82. The van der Waals surface area contributed by atoms with Gasteiger partial charge in [0, 0.05) is 0 Å². The lowest BCUT2D eigenvalue weighted by molar-refractivity contribution is 0.353. The molecule has 0 atom stereocenters. The summed E-state index contributed by atoms with van der Waals surface area (Å²) in [6, 6.07) is 0. The van der Waals surface area contributed by atoms with Crippen LogP contribution < -0.4 is 5.14 Å². The summed E-state index contributed by atoms with van der Waals surface area (Å²) >= 11 is 0. The molecular weight excluding hydrogens is 164 g/mol. The molecule has 0 aliphatic carbocycles. The molecule has 0 rings (SSSR count). The Labute approximate surface area is 68.4 Å². The van der Waals surface area contributed by atoms with Gasteiger partial charge in [0.1, 0.15) is 0 Å². The molecule has 0 aliphatic rings. The van der Waals surface area contributed by atoms with Crippen LogP contribution in [-0.2, 0) is 10.0 Å². The van der Waals surface area contributed by atoms with Crippen molar-refractivity contribution in [2.24, 2.45) is 5.14 Å². The average Bonchev–Trinajstić information content (AvgIpc) is 1.85. The fraction of sp³-hybridized carbons (Fsp3) is 1.00. The fourth-order valence-electron chi connectivity index (χ4n) is 0.694. The number of hydrogen-bond acceptors (Lipinski definition) is 3. The predicted molar refractivity (Wildman–Crippen MR) is 45.8 cm³/mol. The van der Waals surface area contributed by atoms with Crippen molar-refractivity contribution in [1.29, 1.82) is 0 Å². The number of rotatable bonds is 5. The van der Waals surface area contributed by atoms with Crippen molar-refractivity contribution in [3.8, 4) is 0 Å². The molecule has 0 spiro atoms. The third kappa shape index (κ3) is 7.77. The zero-order valence-electron chi connectivity index (χ0n) is 7.08. The molecule has 0 saturated carbocycles. The van der Waals surface area contributed by atoms with Gasteiger partial charge in [-0.2, -0.15) is 0 Å². The molecule has 0 fully saturated rings. The maximum Gasteiger partial charge on any atom is 0.209 e. The molecule has 0 aromatic heterocycles. The van der Waals surface area contributed by atoms with Crippen LogP contribution in [0.15, 0.2) is 0 Å². The molecule has 0 unspecified atom stereocenters. The van der Waals surface area contributed by atoms with Crippen LogP contribution >= 0.6 is 0 Å². The van der Waals surface area contributed by atoms with Gasteiger partial charge in [0.15, 0.2) is 0 Å². The lowest BCUT2D eigenvalue weighted by atomic mass is 10.4. The molecule has 0 saturated heterocycles. The van der Waals surface area contributed by atoms with Crippen molar-refractivity contribution in [1.82, 2.24) is 4.90 Å². The number of primary sulfonamides is 1. The Bertz CT molecular complexity index is 189. The summed E-state index contributed by atoms with van der Waals surface area (Å²) in [5.74, 6) is 0.0807. The molecule has 4 nitrogen and oxygen atoms in total. The van der Waals surface area contributed by atoms with E-state index in [2.05, 4.69) is 0 Å². The Morgan fingerprint density at radius 2 is 2.00 bits per heavy atom. The third-order valence-corrected chi connectivity index (χ3v) is 2.37. The highest BCUT2D eigenvalue weighted by molar-refractivity contribution is 7.89. The molecule has 0 heterocycles. The first-order valence-electron chi connectivity index (χ1n) is 3.64. The predicted octanol–water partition coefficient (Wildman–Crippen LogP) is -0.383. The molecule has 0 aromatic carbocycles. The highest BCUT2D eigenvalue weighted by Crippen LogP contribution is 1.89. The van der Waals surface area contributed by atoms with Gasteiger partial charge in [0.05, 0.1) is 5.75 Å². The van der Waals surface area contributed by atoms with Gasteiger partial charge in [-0.3, -0.25) is 0 Å². The smallest absolute Gasteiger partial charge is 0.209 e. The lowest BCUT2D eigenvalue weighted by Crippen LogP contribution is -2.23. The van der Waals surface area contributed by atoms with Crippen LogP contribution in [0.3, 0.4) is 0 Å². The zero-order valence-corrected chi connectivity index (χ0v) is 7.89. The molecule has 11 heavy (non-hydrogen) atoms. The minimum atomic E-state index is -3.25. The van der Waals surface area contributed by atoms with Gasteiger partial charge in [0.25, 0.3) is 0 Å². The van der Waals surface area contributed by atoms with Crippen LogP contribution in [-0.4, -0.2) is 39.2 Å². The van der Waals surface area contributed by atoms with Gasteiger partial charge < -0.3 is 4.90 Å². The molecule has 0 radical (unpaired) electrons. The minimum Gasteiger partial charge on any atom is -0.307 e. The Morgan fingerprint density at radius 1 is 1.45 bits per heavy atom. The van der Waals surface area contributed by atoms with E-state index in [0.717, 1.165) is 13.1 Å². The van der Waals surface area contributed by atoms with E-state index in [1.54, 1.807) is 0 Å². The summed E-state index contributed by atoms with van der Waals surface area (Å²) in [7, 11) is -1.31. The molecule has 0 aliphatic heterocycles. The maximum atomic E-state index is 10.5. The molecule has 2 N–H and O–H groups in total. The first kappa shape index (κ1) is 10.9. The minimum absolute atomic E-state index is 0.0807. The highest BCUT2D eigenvalue weighted by atomic mass is 32.2. The molecule has 0 aromatic rings. The zero-order chi connectivity index (χ0) is 8.91. The highest BCUT2D eigenvalue weighted by Gasteiger charge is 2.02. The summed E-state index contributed by atoms with van der Waals surface area (Å²) in [4.78, 5) is 2.05. The van der Waals surface area contributed by atoms with Gasteiger partial charge in [-0.1, -0.05) is 6.92 Å². The average molecular weight is 180 g/mol. The second kappa shape index (κ2) is 4.69. The van der Waals surface area contributed by atoms with Crippen molar-refractivity contribution in [3.63, 3.8) is 0 Å². The fourth-order valence-corrected chi connectivity index (χ4v) is 1.23. The van der Waals surface area contributed by atoms with E-state index in [1.807, 2.05) is 18.9 Å². The number of hydrogen-bond donors (Lipinski definition) is 1. The summed E-state index contributed by atoms with van der Waals surface area (Å²) in [6.45, 7) is 3.74. The van der Waals surface area contributed by atoms with Crippen molar-refractivity contribution < 1.29 is 8.42 Å². The van der Waals surface area contributed by atoms with Gasteiger partial charge in [-0.05, 0) is 26.6 Å². The van der Waals surface area contributed by atoms with E-state index >= 15 is 0 Å².